The van der Waals surface area contributed by atoms with Crippen molar-refractivity contribution >= 4 is 11.7 Å². The minimum absolute atomic E-state index is 0.0807. The molecule has 1 N–H and O–H groups in total. The first kappa shape index (κ1) is 19.2. The van der Waals surface area contributed by atoms with Crippen LogP contribution in [0.25, 0.3) is 11.4 Å². The van der Waals surface area contributed by atoms with Crippen LogP contribution in [0.4, 0.5) is 0 Å². The van der Waals surface area contributed by atoms with Gasteiger partial charge in [-0.1, -0.05) is 5.16 Å². The van der Waals surface area contributed by atoms with Gasteiger partial charge in [0.1, 0.15) is 5.75 Å². The van der Waals surface area contributed by atoms with Gasteiger partial charge in [-0.15, -0.1) is 0 Å². The topological polar surface area (TPSA) is 107 Å². The highest BCUT2D eigenvalue weighted by Crippen LogP contribution is 2.15. The van der Waals surface area contributed by atoms with E-state index in [1.54, 1.807) is 48.8 Å². The van der Waals surface area contributed by atoms with Crippen molar-refractivity contribution < 1.29 is 18.8 Å². The number of pyridine rings is 1. The molecule has 0 spiro atoms. The van der Waals surface area contributed by atoms with E-state index in [-0.39, 0.29) is 37.0 Å². The Morgan fingerprint density at radius 3 is 2.54 bits per heavy atom. The summed E-state index contributed by atoms with van der Waals surface area (Å²) in [4.78, 5) is 32.3. The molecule has 0 aliphatic carbocycles. The molecule has 0 saturated heterocycles. The highest BCUT2D eigenvalue weighted by atomic mass is 16.5. The summed E-state index contributed by atoms with van der Waals surface area (Å²) in [6.45, 7) is 2.57. The number of nitrogens with zero attached hydrogens (tertiary/aromatic N) is 3. The van der Waals surface area contributed by atoms with Crippen molar-refractivity contribution in [2.75, 3.05) is 6.61 Å². The Bertz CT molecular complexity index is 923. The second-order valence-corrected chi connectivity index (χ2v) is 5.90. The van der Waals surface area contributed by atoms with E-state index >= 15 is 0 Å². The molecule has 0 saturated carbocycles. The van der Waals surface area contributed by atoms with Crippen LogP contribution in [-0.4, -0.2) is 33.4 Å². The first-order valence-electron chi connectivity index (χ1n) is 8.91. The predicted octanol–water partition coefficient (Wildman–Crippen LogP) is 2.81. The lowest BCUT2D eigenvalue weighted by molar-refractivity contribution is -0.121. The summed E-state index contributed by atoms with van der Waals surface area (Å²) in [5.74, 6) is 1.07. The van der Waals surface area contributed by atoms with Gasteiger partial charge in [0.15, 0.2) is 5.78 Å². The number of hydrogen-bond donors (Lipinski definition) is 1. The smallest absolute Gasteiger partial charge is 0.246 e. The molecule has 0 aliphatic heterocycles. The number of nitrogens with one attached hydrogen (secondary N) is 1. The lowest BCUT2D eigenvalue weighted by atomic mass is 10.1. The van der Waals surface area contributed by atoms with Crippen molar-refractivity contribution in [1.29, 1.82) is 0 Å². The molecule has 1 aromatic carbocycles. The van der Waals surface area contributed by atoms with Gasteiger partial charge in [-0.05, 0) is 43.3 Å². The van der Waals surface area contributed by atoms with E-state index < -0.39 is 0 Å². The van der Waals surface area contributed by atoms with Gasteiger partial charge in [0.25, 0.3) is 0 Å². The number of ether oxygens (including phenoxy) is 1. The SMILES string of the molecule is CCOc1ccc(C(=O)CCC(=O)NCc2nc(-c3ccncc3)no2)cc1. The Kier molecular flexibility index (Phi) is 6.46. The van der Waals surface area contributed by atoms with E-state index in [0.717, 1.165) is 5.56 Å². The predicted molar refractivity (Wildman–Crippen MR) is 101 cm³/mol. The van der Waals surface area contributed by atoms with Crippen molar-refractivity contribution in [3.63, 3.8) is 0 Å². The number of ketones is 1. The summed E-state index contributed by atoms with van der Waals surface area (Å²) in [5.41, 5.74) is 1.33. The standard InChI is InChI=1S/C20H20N4O4/c1-2-27-16-5-3-14(4-6-16)17(25)7-8-18(26)22-13-19-23-20(24-28-19)15-9-11-21-12-10-15/h3-6,9-12H,2,7-8,13H2,1H3,(H,22,26). The molecule has 28 heavy (non-hydrogen) atoms. The Morgan fingerprint density at radius 2 is 1.82 bits per heavy atom. The molecule has 0 fully saturated rings. The zero-order chi connectivity index (χ0) is 19.8. The molecule has 3 aromatic rings. The second-order valence-electron chi connectivity index (χ2n) is 5.90. The van der Waals surface area contributed by atoms with E-state index in [9.17, 15) is 9.59 Å². The second kappa shape index (κ2) is 9.40. The van der Waals surface area contributed by atoms with Crippen LogP contribution in [0.3, 0.4) is 0 Å². The van der Waals surface area contributed by atoms with E-state index in [4.69, 9.17) is 9.26 Å². The fraction of sp³-hybridized carbons (Fsp3) is 0.250. The molecule has 3 rings (SSSR count). The summed E-state index contributed by atoms with van der Waals surface area (Å²) in [6.07, 6.45) is 3.46. The zero-order valence-electron chi connectivity index (χ0n) is 15.4. The van der Waals surface area contributed by atoms with Crippen LogP contribution < -0.4 is 10.1 Å². The number of hydrogen-bond acceptors (Lipinski definition) is 7. The number of amides is 1. The van der Waals surface area contributed by atoms with Crippen LogP contribution in [0, 0.1) is 0 Å². The number of Topliss-reactive ketones (excluding diaryl/α,β-unsaturated/α-hetero) is 1. The maximum atomic E-state index is 12.2. The molecule has 0 bridgehead atoms. The number of aromatic nitrogens is 3. The van der Waals surface area contributed by atoms with Crippen molar-refractivity contribution in [3.8, 4) is 17.1 Å². The molecular weight excluding hydrogens is 360 g/mol. The molecule has 0 unspecified atom stereocenters. The zero-order valence-corrected chi connectivity index (χ0v) is 15.4. The van der Waals surface area contributed by atoms with Crippen LogP contribution in [-0.2, 0) is 11.3 Å². The highest BCUT2D eigenvalue weighted by Gasteiger charge is 2.12. The Balaban J connectivity index is 1.44. The average Bonchev–Trinajstić information content (AvgIpc) is 3.21. The van der Waals surface area contributed by atoms with Gasteiger partial charge < -0.3 is 14.6 Å². The van der Waals surface area contributed by atoms with Gasteiger partial charge >= 0.3 is 0 Å². The largest absolute Gasteiger partial charge is 0.494 e. The molecule has 0 atom stereocenters. The number of carbonyl (C=O) groups is 2. The fourth-order valence-electron chi connectivity index (χ4n) is 2.48. The van der Waals surface area contributed by atoms with Gasteiger partial charge in [-0.2, -0.15) is 4.98 Å². The molecule has 1 amide bonds. The maximum absolute atomic E-state index is 12.2. The summed E-state index contributed by atoms with van der Waals surface area (Å²) >= 11 is 0. The van der Waals surface area contributed by atoms with E-state index in [1.165, 1.54) is 0 Å². The van der Waals surface area contributed by atoms with Gasteiger partial charge in [0.2, 0.25) is 17.6 Å². The molecule has 8 nitrogen and oxygen atoms in total. The van der Waals surface area contributed by atoms with Gasteiger partial charge in [-0.25, -0.2) is 0 Å². The lowest BCUT2D eigenvalue weighted by Crippen LogP contribution is -2.23. The number of rotatable bonds is 9. The fourth-order valence-corrected chi connectivity index (χ4v) is 2.48. The van der Waals surface area contributed by atoms with E-state index in [2.05, 4.69) is 20.4 Å². The Hall–Kier alpha value is -3.55. The maximum Gasteiger partial charge on any atom is 0.246 e. The van der Waals surface area contributed by atoms with Gasteiger partial charge in [0.05, 0.1) is 13.2 Å². The molecular formula is C20H20N4O4. The summed E-state index contributed by atoms with van der Waals surface area (Å²) < 4.78 is 10.5. The molecule has 0 radical (unpaired) electrons. The quantitative estimate of drug-likeness (QED) is 0.569. The normalized spacial score (nSPS) is 10.5. The van der Waals surface area contributed by atoms with Crippen LogP contribution in [0.15, 0.2) is 53.3 Å². The number of carbonyl (C=O) groups excluding carboxylic acids is 2. The minimum Gasteiger partial charge on any atom is -0.494 e. The van der Waals surface area contributed by atoms with Gasteiger partial charge in [0, 0.05) is 36.4 Å². The van der Waals surface area contributed by atoms with Crippen molar-refractivity contribution in [1.82, 2.24) is 20.4 Å². The number of benzene rings is 1. The minimum atomic E-state index is -0.261. The molecule has 2 heterocycles. The average molecular weight is 380 g/mol. The molecule has 0 aliphatic rings. The Labute approximate surface area is 161 Å². The van der Waals surface area contributed by atoms with Crippen molar-refractivity contribution in [2.24, 2.45) is 0 Å². The Morgan fingerprint density at radius 1 is 1.07 bits per heavy atom. The first-order valence-corrected chi connectivity index (χ1v) is 8.91. The third-order valence-corrected chi connectivity index (χ3v) is 3.91. The van der Waals surface area contributed by atoms with Crippen LogP contribution >= 0.6 is 0 Å². The lowest BCUT2D eigenvalue weighted by Gasteiger charge is -2.05. The summed E-state index contributed by atoms with van der Waals surface area (Å²) in [5, 5.41) is 6.55. The van der Waals surface area contributed by atoms with Gasteiger partial charge in [-0.3, -0.25) is 14.6 Å². The van der Waals surface area contributed by atoms with Crippen LogP contribution in [0.2, 0.25) is 0 Å². The molecule has 2 aromatic heterocycles. The molecule has 8 heteroatoms. The van der Waals surface area contributed by atoms with E-state index in [1.807, 2.05) is 6.92 Å². The van der Waals surface area contributed by atoms with Crippen LogP contribution in [0.1, 0.15) is 36.0 Å². The van der Waals surface area contributed by atoms with Crippen molar-refractivity contribution in [3.05, 3.63) is 60.2 Å². The van der Waals surface area contributed by atoms with Crippen molar-refractivity contribution in [2.45, 2.75) is 26.3 Å². The van der Waals surface area contributed by atoms with E-state index in [0.29, 0.717) is 23.7 Å². The summed E-state index contributed by atoms with van der Waals surface area (Å²) in [7, 11) is 0. The summed E-state index contributed by atoms with van der Waals surface area (Å²) in [6, 6.07) is 10.4. The third kappa shape index (κ3) is 5.23. The third-order valence-electron chi connectivity index (χ3n) is 3.91. The monoisotopic (exact) mass is 380 g/mol. The first-order chi connectivity index (χ1) is 13.7. The highest BCUT2D eigenvalue weighted by molar-refractivity contribution is 5.98. The molecule has 144 valence electrons. The van der Waals surface area contributed by atoms with Crippen LogP contribution in [0.5, 0.6) is 5.75 Å².